The second-order valence-corrected chi connectivity index (χ2v) is 5.81. The average molecular weight is 240 g/mol. The molecule has 0 radical (unpaired) electrons. The topological polar surface area (TPSA) is 43.8 Å². The van der Waals surface area contributed by atoms with Crippen molar-refractivity contribution < 1.29 is 9.90 Å². The molecule has 0 spiro atoms. The SMILES string of the molecule is CC(C)C(C(=O)O)N1CCN(CC2CC2)CC1. The predicted octanol–water partition coefficient (Wildman–Crippen LogP) is 1.12. The molecule has 2 rings (SSSR count). The molecule has 0 aromatic carbocycles. The van der Waals surface area contributed by atoms with E-state index in [2.05, 4.69) is 9.80 Å². The van der Waals surface area contributed by atoms with Gasteiger partial charge in [-0.2, -0.15) is 0 Å². The molecule has 1 atom stereocenters. The van der Waals surface area contributed by atoms with Gasteiger partial charge in [0.15, 0.2) is 0 Å². The lowest BCUT2D eigenvalue weighted by molar-refractivity contribution is -0.146. The quantitative estimate of drug-likeness (QED) is 0.782. The molecule has 1 saturated carbocycles. The van der Waals surface area contributed by atoms with Crippen LogP contribution in [0.15, 0.2) is 0 Å². The Bertz CT molecular complexity index is 269. The molecule has 2 fully saturated rings. The van der Waals surface area contributed by atoms with Gasteiger partial charge in [-0.15, -0.1) is 0 Å². The Hall–Kier alpha value is -0.610. The first-order valence-corrected chi connectivity index (χ1v) is 6.77. The van der Waals surface area contributed by atoms with E-state index in [0.29, 0.717) is 0 Å². The molecule has 1 aliphatic carbocycles. The maximum Gasteiger partial charge on any atom is 0.321 e. The molecule has 4 nitrogen and oxygen atoms in total. The summed E-state index contributed by atoms with van der Waals surface area (Å²) in [5.74, 6) is 0.444. The third-order valence-electron chi connectivity index (χ3n) is 3.90. The van der Waals surface area contributed by atoms with E-state index >= 15 is 0 Å². The maximum atomic E-state index is 11.3. The highest BCUT2D eigenvalue weighted by atomic mass is 16.4. The Morgan fingerprint density at radius 1 is 1.24 bits per heavy atom. The Labute approximate surface area is 104 Å². The summed E-state index contributed by atoms with van der Waals surface area (Å²) in [6.45, 7) is 9.10. The van der Waals surface area contributed by atoms with Gasteiger partial charge in [-0.3, -0.25) is 9.69 Å². The van der Waals surface area contributed by atoms with Crippen LogP contribution in [0.1, 0.15) is 26.7 Å². The summed E-state index contributed by atoms with van der Waals surface area (Å²) in [7, 11) is 0. The van der Waals surface area contributed by atoms with Crippen LogP contribution in [0.4, 0.5) is 0 Å². The van der Waals surface area contributed by atoms with E-state index < -0.39 is 5.97 Å². The van der Waals surface area contributed by atoms with Crippen LogP contribution in [-0.2, 0) is 4.79 Å². The van der Waals surface area contributed by atoms with Crippen LogP contribution in [0.25, 0.3) is 0 Å². The van der Waals surface area contributed by atoms with Crippen LogP contribution >= 0.6 is 0 Å². The molecule has 1 unspecified atom stereocenters. The monoisotopic (exact) mass is 240 g/mol. The van der Waals surface area contributed by atoms with Crippen LogP contribution in [-0.4, -0.2) is 59.6 Å². The van der Waals surface area contributed by atoms with E-state index in [0.717, 1.165) is 32.1 Å². The lowest BCUT2D eigenvalue weighted by atomic mass is 10.0. The van der Waals surface area contributed by atoms with Gasteiger partial charge in [-0.05, 0) is 24.7 Å². The molecular formula is C13H24N2O2. The smallest absolute Gasteiger partial charge is 0.321 e. The molecular weight excluding hydrogens is 216 g/mol. The minimum absolute atomic E-state index is 0.183. The van der Waals surface area contributed by atoms with Gasteiger partial charge in [0.1, 0.15) is 6.04 Å². The van der Waals surface area contributed by atoms with Gasteiger partial charge < -0.3 is 10.0 Å². The van der Waals surface area contributed by atoms with Crippen molar-refractivity contribution >= 4 is 5.97 Å². The minimum atomic E-state index is -0.671. The van der Waals surface area contributed by atoms with Gasteiger partial charge in [-0.1, -0.05) is 13.8 Å². The van der Waals surface area contributed by atoms with E-state index in [1.807, 2.05) is 13.8 Å². The summed E-state index contributed by atoms with van der Waals surface area (Å²) in [6, 6.07) is -0.307. The van der Waals surface area contributed by atoms with Crippen LogP contribution in [0.5, 0.6) is 0 Å². The van der Waals surface area contributed by atoms with Crippen molar-refractivity contribution in [3.05, 3.63) is 0 Å². The van der Waals surface area contributed by atoms with Crippen molar-refractivity contribution in [2.75, 3.05) is 32.7 Å². The number of rotatable bonds is 5. The molecule has 1 aliphatic heterocycles. The van der Waals surface area contributed by atoms with E-state index in [-0.39, 0.29) is 12.0 Å². The first-order chi connectivity index (χ1) is 8.08. The largest absolute Gasteiger partial charge is 0.480 e. The number of nitrogens with zero attached hydrogens (tertiary/aromatic N) is 2. The molecule has 17 heavy (non-hydrogen) atoms. The van der Waals surface area contributed by atoms with Crippen LogP contribution in [0.2, 0.25) is 0 Å². The second kappa shape index (κ2) is 5.36. The van der Waals surface area contributed by atoms with Gasteiger partial charge in [0, 0.05) is 32.7 Å². The zero-order chi connectivity index (χ0) is 12.4. The van der Waals surface area contributed by atoms with E-state index in [9.17, 15) is 9.90 Å². The minimum Gasteiger partial charge on any atom is -0.480 e. The fraction of sp³-hybridized carbons (Fsp3) is 0.923. The van der Waals surface area contributed by atoms with Gasteiger partial charge in [0.2, 0.25) is 0 Å². The number of hydrogen-bond acceptors (Lipinski definition) is 3. The number of carboxylic acids is 1. The Balaban J connectivity index is 1.81. The molecule has 1 saturated heterocycles. The third kappa shape index (κ3) is 3.42. The lowest BCUT2D eigenvalue weighted by Gasteiger charge is -2.39. The van der Waals surface area contributed by atoms with Crippen molar-refractivity contribution in [1.82, 2.24) is 9.80 Å². The fourth-order valence-corrected chi connectivity index (χ4v) is 2.75. The number of carboxylic acid groups (broad SMARTS) is 1. The van der Waals surface area contributed by atoms with Gasteiger partial charge >= 0.3 is 5.97 Å². The highest BCUT2D eigenvalue weighted by molar-refractivity contribution is 5.73. The molecule has 98 valence electrons. The zero-order valence-corrected chi connectivity index (χ0v) is 10.9. The van der Waals surface area contributed by atoms with Crippen molar-refractivity contribution in [3.63, 3.8) is 0 Å². The Morgan fingerprint density at radius 2 is 1.82 bits per heavy atom. The van der Waals surface area contributed by atoms with Crippen molar-refractivity contribution in [2.45, 2.75) is 32.7 Å². The van der Waals surface area contributed by atoms with Gasteiger partial charge in [0.05, 0.1) is 0 Å². The summed E-state index contributed by atoms with van der Waals surface area (Å²) in [5.41, 5.74) is 0. The average Bonchev–Trinajstić information content (AvgIpc) is 3.03. The van der Waals surface area contributed by atoms with Crippen molar-refractivity contribution in [3.8, 4) is 0 Å². The highest BCUT2D eigenvalue weighted by Gasteiger charge is 2.32. The van der Waals surface area contributed by atoms with Crippen LogP contribution < -0.4 is 0 Å². The van der Waals surface area contributed by atoms with Gasteiger partial charge in [0.25, 0.3) is 0 Å². The molecule has 0 aromatic heterocycles. The molecule has 0 bridgehead atoms. The highest BCUT2D eigenvalue weighted by Crippen LogP contribution is 2.30. The van der Waals surface area contributed by atoms with Gasteiger partial charge in [-0.25, -0.2) is 0 Å². The standard InChI is InChI=1S/C13H24N2O2/c1-10(2)12(13(16)17)15-7-5-14(6-8-15)9-11-3-4-11/h10-12H,3-9H2,1-2H3,(H,16,17). The summed E-state index contributed by atoms with van der Waals surface area (Å²) in [6.07, 6.45) is 2.79. The normalized spacial score (nSPS) is 25.1. The van der Waals surface area contributed by atoms with Crippen LogP contribution in [0.3, 0.4) is 0 Å². The lowest BCUT2D eigenvalue weighted by Crippen LogP contribution is -2.54. The number of piperazine rings is 1. The summed E-state index contributed by atoms with van der Waals surface area (Å²) < 4.78 is 0. The maximum absolute atomic E-state index is 11.3. The number of aliphatic carboxylic acids is 1. The summed E-state index contributed by atoms with van der Waals surface area (Å²) in [4.78, 5) is 15.9. The van der Waals surface area contributed by atoms with E-state index in [4.69, 9.17) is 0 Å². The van der Waals surface area contributed by atoms with Crippen LogP contribution in [0, 0.1) is 11.8 Å². The zero-order valence-electron chi connectivity index (χ0n) is 10.9. The second-order valence-electron chi connectivity index (χ2n) is 5.81. The van der Waals surface area contributed by atoms with E-state index in [1.54, 1.807) is 0 Å². The molecule has 1 heterocycles. The predicted molar refractivity (Wildman–Crippen MR) is 67.0 cm³/mol. The molecule has 4 heteroatoms. The van der Waals surface area contributed by atoms with Crippen molar-refractivity contribution in [1.29, 1.82) is 0 Å². The Morgan fingerprint density at radius 3 is 2.24 bits per heavy atom. The fourth-order valence-electron chi connectivity index (χ4n) is 2.75. The first kappa shape index (κ1) is 12.8. The first-order valence-electron chi connectivity index (χ1n) is 6.77. The van der Waals surface area contributed by atoms with E-state index in [1.165, 1.54) is 19.4 Å². The van der Waals surface area contributed by atoms with Crippen molar-refractivity contribution in [2.24, 2.45) is 11.8 Å². The summed E-state index contributed by atoms with van der Waals surface area (Å²) >= 11 is 0. The third-order valence-corrected chi connectivity index (χ3v) is 3.90. The summed E-state index contributed by atoms with van der Waals surface area (Å²) in [5, 5.41) is 9.26. The molecule has 1 N–H and O–H groups in total. The number of hydrogen-bond donors (Lipinski definition) is 1. The molecule has 2 aliphatic rings. The molecule has 0 aromatic rings. The molecule has 0 amide bonds. The number of carbonyl (C=O) groups is 1. The Kier molecular flexibility index (Phi) is 4.05.